The van der Waals surface area contributed by atoms with Gasteiger partial charge in [-0.25, -0.2) is 0 Å². The fourth-order valence-corrected chi connectivity index (χ4v) is 4.50. The zero-order valence-electron chi connectivity index (χ0n) is 15.0. The van der Waals surface area contributed by atoms with E-state index in [0.717, 1.165) is 12.1 Å². The van der Waals surface area contributed by atoms with Crippen molar-refractivity contribution in [3.8, 4) is 0 Å². The molecule has 4 rings (SSSR count). The van der Waals surface area contributed by atoms with Crippen molar-refractivity contribution in [3.63, 3.8) is 0 Å². The summed E-state index contributed by atoms with van der Waals surface area (Å²) < 4.78 is 0. The third-order valence-electron chi connectivity index (χ3n) is 5.85. The quantitative estimate of drug-likeness (QED) is 0.924. The lowest BCUT2D eigenvalue weighted by Crippen LogP contribution is -2.27. The summed E-state index contributed by atoms with van der Waals surface area (Å²) in [6.45, 7) is 4.68. The Bertz CT molecular complexity index is 785. The lowest BCUT2D eigenvalue weighted by Gasteiger charge is -2.35. The predicted octanol–water partition coefficient (Wildman–Crippen LogP) is 3.83. The summed E-state index contributed by atoms with van der Waals surface area (Å²) in [4.78, 5) is 20.7. The largest absolute Gasteiger partial charge is 0.349 e. The first-order valence-electron chi connectivity index (χ1n) is 9.22. The highest BCUT2D eigenvalue weighted by molar-refractivity contribution is 5.77. The van der Waals surface area contributed by atoms with E-state index < -0.39 is 0 Å². The molecular weight excluding hydrogens is 310 g/mol. The van der Waals surface area contributed by atoms with Gasteiger partial charge in [0.05, 0.1) is 11.7 Å². The number of hydrogen-bond acceptors (Lipinski definition) is 3. The van der Waals surface area contributed by atoms with Crippen LogP contribution >= 0.6 is 0 Å². The van der Waals surface area contributed by atoms with Gasteiger partial charge in [-0.3, -0.25) is 14.8 Å². The molecule has 1 heterocycles. The Balaban J connectivity index is 1.47. The summed E-state index contributed by atoms with van der Waals surface area (Å²) in [5.74, 6) is 0.704. The molecule has 1 aromatic carbocycles. The normalized spacial score (nSPS) is 23.1. The molecule has 130 valence electrons. The third kappa shape index (κ3) is 3.06. The molecule has 2 atom stereocenters. The van der Waals surface area contributed by atoms with E-state index in [4.69, 9.17) is 0 Å². The van der Waals surface area contributed by atoms with E-state index in [-0.39, 0.29) is 17.4 Å². The van der Waals surface area contributed by atoms with Crippen molar-refractivity contribution in [1.29, 1.82) is 0 Å². The second kappa shape index (κ2) is 6.25. The van der Waals surface area contributed by atoms with Crippen molar-refractivity contribution >= 4 is 5.91 Å². The van der Waals surface area contributed by atoms with E-state index in [1.165, 1.54) is 29.5 Å². The van der Waals surface area contributed by atoms with Crippen LogP contribution in [0, 0.1) is 0 Å². The van der Waals surface area contributed by atoms with Gasteiger partial charge in [0.1, 0.15) is 0 Å². The van der Waals surface area contributed by atoms with Crippen molar-refractivity contribution in [1.82, 2.24) is 15.3 Å². The predicted molar refractivity (Wildman–Crippen MR) is 97.3 cm³/mol. The maximum Gasteiger partial charge on any atom is 0.220 e. The highest BCUT2D eigenvalue weighted by atomic mass is 16.1. The number of aromatic nitrogens is 2. The number of hydrogen-bond donors (Lipinski definition) is 1. The van der Waals surface area contributed by atoms with Gasteiger partial charge in [-0.2, -0.15) is 0 Å². The minimum atomic E-state index is 0.103. The Morgan fingerprint density at radius 2 is 2.20 bits per heavy atom. The Hall–Kier alpha value is -2.23. The summed E-state index contributed by atoms with van der Waals surface area (Å²) in [5.41, 5.74) is 5.44. The first-order chi connectivity index (χ1) is 12.0. The van der Waals surface area contributed by atoms with E-state index in [0.29, 0.717) is 18.8 Å². The monoisotopic (exact) mass is 335 g/mol. The van der Waals surface area contributed by atoms with Gasteiger partial charge >= 0.3 is 0 Å². The Morgan fingerprint density at radius 1 is 1.32 bits per heavy atom. The van der Waals surface area contributed by atoms with Crippen LogP contribution in [0.4, 0.5) is 0 Å². The smallest absolute Gasteiger partial charge is 0.220 e. The molecule has 0 spiro atoms. The van der Waals surface area contributed by atoms with Crippen LogP contribution in [0.1, 0.15) is 73.9 Å². The van der Waals surface area contributed by atoms with E-state index in [2.05, 4.69) is 47.3 Å². The molecular formula is C21H25N3O. The number of carbonyl (C=O) groups excluding carboxylic acids is 1. The number of benzene rings is 1. The molecule has 0 radical (unpaired) electrons. The van der Waals surface area contributed by atoms with Gasteiger partial charge in [0.15, 0.2) is 0 Å². The molecule has 4 nitrogen and oxygen atoms in total. The highest BCUT2D eigenvalue weighted by Crippen LogP contribution is 2.52. The van der Waals surface area contributed by atoms with Crippen LogP contribution in [-0.2, 0) is 16.6 Å². The molecule has 0 fully saturated rings. The molecule has 0 aliphatic heterocycles. The van der Waals surface area contributed by atoms with Gasteiger partial charge in [-0.1, -0.05) is 32.0 Å². The topological polar surface area (TPSA) is 54.9 Å². The van der Waals surface area contributed by atoms with Gasteiger partial charge in [0.2, 0.25) is 5.91 Å². The standard InChI is InChI=1S/C21H25N3O/c1-21(2)9-8-14-12-18(16-4-3-5-17(21)20(14)16)24-19(25)7-6-15-13-22-10-11-23-15/h3-5,10-11,13-14,18H,6-9,12H2,1-2H3,(H,24,25). The minimum absolute atomic E-state index is 0.103. The number of rotatable bonds is 4. The summed E-state index contributed by atoms with van der Waals surface area (Å²) in [6.07, 6.45) is 9.63. The Kier molecular flexibility index (Phi) is 4.06. The summed E-state index contributed by atoms with van der Waals surface area (Å²) in [6, 6.07) is 6.79. The van der Waals surface area contributed by atoms with Crippen LogP contribution in [0.15, 0.2) is 36.8 Å². The van der Waals surface area contributed by atoms with Gasteiger partial charge in [0, 0.05) is 25.0 Å². The lowest BCUT2D eigenvalue weighted by atomic mass is 9.69. The third-order valence-corrected chi connectivity index (χ3v) is 5.85. The molecule has 2 unspecified atom stereocenters. The molecule has 25 heavy (non-hydrogen) atoms. The number of nitrogens with one attached hydrogen (secondary N) is 1. The van der Waals surface area contributed by atoms with Gasteiger partial charge < -0.3 is 5.32 Å². The molecule has 2 aromatic rings. The molecule has 0 saturated carbocycles. The van der Waals surface area contributed by atoms with Crippen LogP contribution in [0.25, 0.3) is 0 Å². The highest BCUT2D eigenvalue weighted by Gasteiger charge is 2.40. The average molecular weight is 335 g/mol. The van der Waals surface area contributed by atoms with Crippen molar-refractivity contribution in [2.75, 3.05) is 0 Å². The van der Waals surface area contributed by atoms with Crippen molar-refractivity contribution in [2.45, 2.75) is 63.3 Å². The van der Waals surface area contributed by atoms with Crippen molar-refractivity contribution in [3.05, 3.63) is 59.2 Å². The fraction of sp³-hybridized carbons (Fsp3) is 0.476. The van der Waals surface area contributed by atoms with Crippen LogP contribution in [-0.4, -0.2) is 15.9 Å². The molecule has 0 bridgehead atoms. The molecule has 4 heteroatoms. The van der Waals surface area contributed by atoms with Gasteiger partial charge in [0.25, 0.3) is 0 Å². The first-order valence-corrected chi connectivity index (χ1v) is 9.22. The minimum Gasteiger partial charge on any atom is -0.349 e. The molecule has 2 aliphatic carbocycles. The van der Waals surface area contributed by atoms with Crippen LogP contribution in [0.2, 0.25) is 0 Å². The van der Waals surface area contributed by atoms with Crippen LogP contribution < -0.4 is 5.32 Å². The Labute approximate surface area is 149 Å². The van der Waals surface area contributed by atoms with Crippen LogP contribution in [0.3, 0.4) is 0 Å². The first kappa shape index (κ1) is 16.2. The van der Waals surface area contributed by atoms with Gasteiger partial charge in [-0.15, -0.1) is 0 Å². The molecule has 0 saturated heterocycles. The van der Waals surface area contributed by atoms with Crippen molar-refractivity contribution in [2.24, 2.45) is 0 Å². The number of amides is 1. The maximum atomic E-state index is 12.4. The van der Waals surface area contributed by atoms with E-state index in [1.807, 2.05) is 0 Å². The number of aryl methyl sites for hydroxylation is 1. The average Bonchev–Trinajstić information content (AvgIpc) is 2.96. The van der Waals surface area contributed by atoms with Crippen molar-refractivity contribution < 1.29 is 4.79 Å². The Morgan fingerprint density at radius 3 is 3.00 bits per heavy atom. The maximum absolute atomic E-state index is 12.4. The van der Waals surface area contributed by atoms with E-state index in [1.54, 1.807) is 18.6 Å². The van der Waals surface area contributed by atoms with E-state index >= 15 is 0 Å². The molecule has 1 N–H and O–H groups in total. The van der Waals surface area contributed by atoms with Gasteiger partial charge in [-0.05, 0) is 53.7 Å². The molecule has 1 amide bonds. The number of carbonyl (C=O) groups is 1. The summed E-state index contributed by atoms with van der Waals surface area (Å²) in [7, 11) is 0. The zero-order valence-corrected chi connectivity index (χ0v) is 15.0. The van der Waals surface area contributed by atoms with Crippen LogP contribution in [0.5, 0.6) is 0 Å². The van der Waals surface area contributed by atoms with E-state index in [9.17, 15) is 4.79 Å². The number of nitrogens with zero attached hydrogens (tertiary/aromatic N) is 2. The second-order valence-electron chi connectivity index (χ2n) is 7.98. The summed E-state index contributed by atoms with van der Waals surface area (Å²) in [5, 5.41) is 3.26. The second-order valence-corrected chi connectivity index (χ2v) is 7.98. The molecule has 2 aliphatic rings. The lowest BCUT2D eigenvalue weighted by molar-refractivity contribution is -0.121. The summed E-state index contributed by atoms with van der Waals surface area (Å²) >= 11 is 0. The zero-order chi connectivity index (χ0) is 17.4. The SMILES string of the molecule is CC1(C)CCC2CC(NC(=O)CCc3cnccn3)c3cccc1c32. The fourth-order valence-electron chi connectivity index (χ4n) is 4.50. The molecule has 1 aromatic heterocycles.